The van der Waals surface area contributed by atoms with Crippen molar-refractivity contribution in [2.45, 2.75) is 32.1 Å². The Morgan fingerprint density at radius 1 is 1.29 bits per heavy atom. The monoisotopic (exact) mass is 231 g/mol. The Morgan fingerprint density at radius 2 is 2.12 bits per heavy atom. The van der Waals surface area contributed by atoms with Crippen LogP contribution in [0.1, 0.15) is 31.1 Å². The molecule has 0 saturated carbocycles. The number of piperazine rings is 1. The van der Waals surface area contributed by atoms with Gasteiger partial charge in [0.15, 0.2) is 0 Å². The first-order valence-electron chi connectivity index (χ1n) is 6.47. The lowest BCUT2D eigenvalue weighted by Crippen LogP contribution is -2.60. The molecule has 1 atom stereocenters. The zero-order valence-electron chi connectivity index (χ0n) is 10.7. The maximum Gasteiger partial charge on any atom is 0.0871 e. The fourth-order valence-corrected chi connectivity index (χ4v) is 3.03. The molecular formula is C14H21N3. The van der Waals surface area contributed by atoms with E-state index in [4.69, 9.17) is 0 Å². The molecule has 2 N–H and O–H groups in total. The minimum atomic E-state index is 0.216. The summed E-state index contributed by atoms with van der Waals surface area (Å²) < 4.78 is 0. The van der Waals surface area contributed by atoms with E-state index in [2.05, 4.69) is 53.6 Å². The summed E-state index contributed by atoms with van der Waals surface area (Å²) in [5.41, 5.74) is 3.13. The molecule has 0 spiro atoms. The fourth-order valence-electron chi connectivity index (χ4n) is 3.03. The predicted molar refractivity (Wildman–Crippen MR) is 69.7 cm³/mol. The van der Waals surface area contributed by atoms with E-state index >= 15 is 0 Å². The van der Waals surface area contributed by atoms with Gasteiger partial charge in [0.25, 0.3) is 0 Å². The first-order chi connectivity index (χ1) is 8.18. The molecule has 0 radical (unpaired) electrons. The van der Waals surface area contributed by atoms with Crippen molar-refractivity contribution in [3.05, 3.63) is 35.4 Å². The van der Waals surface area contributed by atoms with Crippen molar-refractivity contribution in [1.29, 1.82) is 0 Å². The number of hydrogen-bond donors (Lipinski definition) is 2. The van der Waals surface area contributed by atoms with Crippen LogP contribution in [-0.2, 0) is 6.54 Å². The fraction of sp³-hybridized carbons (Fsp3) is 0.571. The minimum Gasteiger partial charge on any atom is -0.314 e. The molecule has 0 amide bonds. The molecule has 1 aromatic carbocycles. The number of benzene rings is 1. The van der Waals surface area contributed by atoms with Crippen molar-refractivity contribution in [1.82, 2.24) is 15.5 Å². The smallest absolute Gasteiger partial charge is 0.0871 e. The lowest BCUT2D eigenvalue weighted by molar-refractivity contribution is 0.0333. The second-order valence-corrected chi connectivity index (χ2v) is 5.66. The first kappa shape index (κ1) is 11.2. The van der Waals surface area contributed by atoms with Gasteiger partial charge >= 0.3 is 0 Å². The van der Waals surface area contributed by atoms with Crippen LogP contribution in [0.5, 0.6) is 0 Å². The molecule has 2 aliphatic rings. The van der Waals surface area contributed by atoms with Gasteiger partial charge in [0, 0.05) is 31.7 Å². The summed E-state index contributed by atoms with van der Waals surface area (Å²) in [4.78, 5) is 2.59. The summed E-state index contributed by atoms with van der Waals surface area (Å²) in [7, 11) is 0. The van der Waals surface area contributed by atoms with Gasteiger partial charge in [0.2, 0.25) is 0 Å². The number of nitrogens with one attached hydrogen (secondary N) is 2. The Hall–Kier alpha value is -0.900. The molecule has 17 heavy (non-hydrogen) atoms. The lowest BCUT2D eigenvalue weighted by Gasteiger charge is -2.46. The molecule has 1 aromatic rings. The number of rotatable bonds is 1. The molecule has 0 aromatic heterocycles. The van der Waals surface area contributed by atoms with E-state index in [1.54, 1.807) is 0 Å². The van der Waals surface area contributed by atoms with Gasteiger partial charge in [-0.05, 0) is 25.0 Å². The topological polar surface area (TPSA) is 27.3 Å². The van der Waals surface area contributed by atoms with E-state index in [1.165, 1.54) is 11.1 Å². The highest BCUT2D eigenvalue weighted by Gasteiger charge is 2.37. The van der Waals surface area contributed by atoms with Gasteiger partial charge in [-0.15, -0.1) is 0 Å². The molecule has 2 aliphatic heterocycles. The largest absolute Gasteiger partial charge is 0.314 e. The van der Waals surface area contributed by atoms with E-state index in [1.807, 2.05) is 0 Å². The summed E-state index contributed by atoms with van der Waals surface area (Å²) >= 11 is 0. The average molecular weight is 231 g/mol. The van der Waals surface area contributed by atoms with Crippen LogP contribution in [0.15, 0.2) is 24.3 Å². The lowest BCUT2D eigenvalue weighted by atomic mass is 9.97. The summed E-state index contributed by atoms with van der Waals surface area (Å²) in [6, 6.07) is 8.77. The predicted octanol–water partition coefficient (Wildman–Crippen LogP) is 1.47. The van der Waals surface area contributed by atoms with Crippen LogP contribution in [0.4, 0.5) is 0 Å². The molecule has 1 saturated heterocycles. The maximum atomic E-state index is 3.65. The van der Waals surface area contributed by atoms with Crippen molar-refractivity contribution in [3.8, 4) is 0 Å². The molecule has 3 rings (SSSR count). The Morgan fingerprint density at radius 3 is 2.94 bits per heavy atom. The van der Waals surface area contributed by atoms with E-state index < -0.39 is 0 Å². The molecule has 0 bridgehead atoms. The first-order valence-corrected chi connectivity index (χ1v) is 6.47. The normalized spacial score (nSPS) is 28.0. The van der Waals surface area contributed by atoms with Gasteiger partial charge in [0.1, 0.15) is 0 Å². The molecule has 2 heterocycles. The quantitative estimate of drug-likeness (QED) is 0.766. The Bertz CT molecular complexity index is 414. The van der Waals surface area contributed by atoms with Crippen LogP contribution >= 0.6 is 0 Å². The minimum absolute atomic E-state index is 0.216. The summed E-state index contributed by atoms with van der Waals surface area (Å²) in [5.74, 6) is 0. The standard InChI is InChI=1S/C14H21N3/c1-14(2)10-15-7-8-17(14)13-12-6-4-3-5-11(12)9-16-13/h3-6,13,15-16H,7-10H2,1-2H3. The van der Waals surface area contributed by atoms with Gasteiger partial charge in [0.05, 0.1) is 6.17 Å². The van der Waals surface area contributed by atoms with E-state index in [9.17, 15) is 0 Å². The van der Waals surface area contributed by atoms with Gasteiger partial charge in [-0.25, -0.2) is 0 Å². The van der Waals surface area contributed by atoms with Crippen LogP contribution in [0.2, 0.25) is 0 Å². The highest BCUT2D eigenvalue weighted by molar-refractivity contribution is 5.33. The third-order valence-electron chi connectivity index (χ3n) is 4.01. The van der Waals surface area contributed by atoms with Crippen molar-refractivity contribution in [3.63, 3.8) is 0 Å². The maximum absolute atomic E-state index is 3.65. The van der Waals surface area contributed by atoms with E-state index in [0.29, 0.717) is 6.17 Å². The summed E-state index contributed by atoms with van der Waals surface area (Å²) in [5, 5.41) is 7.13. The third-order valence-corrected chi connectivity index (χ3v) is 4.01. The van der Waals surface area contributed by atoms with Crippen molar-refractivity contribution in [2.24, 2.45) is 0 Å². The molecule has 1 fully saturated rings. The zero-order chi connectivity index (χ0) is 11.9. The Balaban J connectivity index is 1.91. The molecule has 0 aliphatic carbocycles. The molecule has 1 unspecified atom stereocenters. The SMILES string of the molecule is CC1(C)CNCCN1C1NCc2ccccc21. The van der Waals surface area contributed by atoms with Crippen LogP contribution < -0.4 is 10.6 Å². The average Bonchev–Trinajstić information content (AvgIpc) is 2.72. The van der Waals surface area contributed by atoms with Gasteiger partial charge in [-0.3, -0.25) is 10.2 Å². The molecule has 3 nitrogen and oxygen atoms in total. The molecule has 92 valence electrons. The van der Waals surface area contributed by atoms with Crippen molar-refractivity contribution < 1.29 is 0 Å². The van der Waals surface area contributed by atoms with Crippen molar-refractivity contribution >= 4 is 0 Å². The molecule has 3 heteroatoms. The number of hydrogen-bond acceptors (Lipinski definition) is 3. The van der Waals surface area contributed by atoms with Crippen molar-refractivity contribution in [2.75, 3.05) is 19.6 Å². The zero-order valence-corrected chi connectivity index (χ0v) is 10.7. The molecular weight excluding hydrogens is 210 g/mol. The highest BCUT2D eigenvalue weighted by atomic mass is 15.3. The van der Waals surface area contributed by atoms with Gasteiger partial charge in [-0.1, -0.05) is 24.3 Å². The Labute approximate surface area is 103 Å². The van der Waals surface area contributed by atoms with Crippen LogP contribution in [0, 0.1) is 0 Å². The summed E-state index contributed by atoms with van der Waals surface area (Å²) in [6.07, 6.45) is 0.392. The number of nitrogens with zero attached hydrogens (tertiary/aromatic N) is 1. The van der Waals surface area contributed by atoms with E-state index in [-0.39, 0.29) is 5.54 Å². The van der Waals surface area contributed by atoms with Gasteiger partial charge < -0.3 is 5.32 Å². The van der Waals surface area contributed by atoms with Gasteiger partial charge in [-0.2, -0.15) is 0 Å². The number of fused-ring (bicyclic) bond motifs is 1. The second kappa shape index (κ2) is 4.09. The van der Waals surface area contributed by atoms with Crippen LogP contribution in [-0.4, -0.2) is 30.1 Å². The van der Waals surface area contributed by atoms with Crippen LogP contribution in [0.25, 0.3) is 0 Å². The third kappa shape index (κ3) is 1.88. The highest BCUT2D eigenvalue weighted by Crippen LogP contribution is 2.33. The van der Waals surface area contributed by atoms with E-state index in [0.717, 1.165) is 26.2 Å². The van der Waals surface area contributed by atoms with Crippen LogP contribution in [0.3, 0.4) is 0 Å². The summed E-state index contributed by atoms with van der Waals surface area (Å²) in [6.45, 7) is 8.90. The Kier molecular flexibility index (Phi) is 2.69. The second-order valence-electron chi connectivity index (χ2n) is 5.66.